The summed E-state index contributed by atoms with van der Waals surface area (Å²) in [5.41, 5.74) is 4.87. The van der Waals surface area contributed by atoms with Gasteiger partial charge in [0.1, 0.15) is 22.7 Å². The normalized spacial score (nSPS) is 30.0. The van der Waals surface area contributed by atoms with E-state index < -0.39 is 11.1 Å². The van der Waals surface area contributed by atoms with Crippen molar-refractivity contribution in [3.8, 4) is 17.3 Å². The van der Waals surface area contributed by atoms with Gasteiger partial charge >= 0.3 is 0 Å². The van der Waals surface area contributed by atoms with Crippen molar-refractivity contribution in [3.63, 3.8) is 0 Å². The van der Waals surface area contributed by atoms with Crippen LogP contribution in [0.4, 0.5) is 4.39 Å². The zero-order valence-electron chi connectivity index (χ0n) is 28.7. The molecule has 3 aliphatic heterocycles. The molecular formula is C38H42FN7O4. The Morgan fingerprint density at radius 3 is 2.76 bits per heavy atom. The molecule has 0 spiro atoms. The minimum absolute atomic E-state index is 0.0214. The highest BCUT2D eigenvalue weighted by Gasteiger charge is 2.72. The zero-order chi connectivity index (χ0) is 34.1. The molecule has 0 radical (unpaired) electrons. The number of halogens is 1. The fourth-order valence-corrected chi connectivity index (χ4v) is 9.47. The second-order valence-electron chi connectivity index (χ2n) is 15.7. The molecule has 11 nitrogen and oxygen atoms in total. The fraction of sp³-hybridized carbons (Fsp3) is 0.526. The van der Waals surface area contributed by atoms with Gasteiger partial charge in [0.25, 0.3) is 5.91 Å². The van der Waals surface area contributed by atoms with Crippen molar-refractivity contribution in [1.29, 1.82) is 0 Å². The molecule has 260 valence electrons. The minimum atomic E-state index is -1.12. The Morgan fingerprint density at radius 1 is 1.18 bits per heavy atom. The number of carbonyl (C=O) groups excluding carboxylic acids is 2. The number of alkyl halides is 1. The third kappa shape index (κ3) is 4.46. The van der Waals surface area contributed by atoms with Gasteiger partial charge in [-0.25, -0.2) is 14.4 Å². The third-order valence-corrected chi connectivity index (χ3v) is 12.3. The van der Waals surface area contributed by atoms with Crippen LogP contribution in [0, 0.1) is 18.3 Å². The lowest BCUT2D eigenvalue weighted by Gasteiger charge is -2.64. The SMILES string of the molecule is COc1cc(C(=O)N2C3=CC[C@@H]2[C@@H]2NCCO[C@@H]2C3)cc2nc(-c3cc4ccc([C@@H](C)NC(=O)C56CC(F)(C5)C6)nc4n3CC3CC3)c(C)n12. The largest absolute Gasteiger partial charge is 0.482 e. The standard InChI is InChI=1S/C38H42FN7O4/c1-20(41-36(48)37-17-38(39,18-37)19-37)26-8-6-23-12-28(44(34(23)42-26)16-22-4-5-22)32-21(2)45-30(43-32)13-24(14-31(45)49-3)35(47)46-25-7-9-27(46)33-29(15-25)50-11-10-40-33/h6-8,12-14,20,22,27,29,33,40H,4-5,9-11,15-19H2,1-3H3,(H,41,48)/t20-,27-,29-,33+,37?,38?/m1/s1. The van der Waals surface area contributed by atoms with Crippen LogP contribution in [-0.2, 0) is 16.1 Å². The first-order valence-corrected chi connectivity index (χ1v) is 18.1. The number of imidazole rings is 1. The second kappa shape index (κ2) is 10.6. The van der Waals surface area contributed by atoms with Gasteiger partial charge in [-0.3, -0.25) is 14.0 Å². The van der Waals surface area contributed by atoms with E-state index >= 15 is 0 Å². The number of methoxy groups -OCH3 is 1. The number of pyridine rings is 2. The molecule has 4 aliphatic carbocycles. The van der Waals surface area contributed by atoms with Gasteiger partial charge in [-0.2, -0.15) is 0 Å². The van der Waals surface area contributed by atoms with Gasteiger partial charge in [0.15, 0.2) is 5.88 Å². The van der Waals surface area contributed by atoms with Crippen LogP contribution in [0.3, 0.4) is 0 Å². The van der Waals surface area contributed by atoms with Crippen LogP contribution in [0.25, 0.3) is 28.1 Å². The van der Waals surface area contributed by atoms with Crippen LogP contribution in [0.5, 0.6) is 5.88 Å². The Morgan fingerprint density at radius 2 is 2.00 bits per heavy atom. The molecule has 2 saturated heterocycles. The van der Waals surface area contributed by atoms with Gasteiger partial charge in [0, 0.05) is 42.2 Å². The highest BCUT2D eigenvalue weighted by Crippen LogP contribution is 2.69. The summed E-state index contributed by atoms with van der Waals surface area (Å²) in [6.07, 6.45) is 7.17. The Hall–Kier alpha value is -4.29. The molecule has 2 amide bonds. The van der Waals surface area contributed by atoms with Crippen LogP contribution in [-0.4, -0.2) is 79.8 Å². The number of aryl methyl sites for hydroxylation is 1. The van der Waals surface area contributed by atoms with Crippen molar-refractivity contribution >= 4 is 28.5 Å². The Balaban J connectivity index is 0.998. The number of nitrogens with zero attached hydrogens (tertiary/aromatic N) is 5. The lowest BCUT2D eigenvalue weighted by Crippen LogP contribution is -2.70. The average Bonchev–Trinajstić information content (AvgIpc) is 3.65. The van der Waals surface area contributed by atoms with E-state index in [2.05, 4.69) is 33.4 Å². The maximum Gasteiger partial charge on any atom is 0.258 e. The van der Waals surface area contributed by atoms with Crippen molar-refractivity contribution in [2.24, 2.45) is 11.3 Å². The van der Waals surface area contributed by atoms with Gasteiger partial charge in [-0.15, -0.1) is 0 Å². The van der Waals surface area contributed by atoms with Gasteiger partial charge < -0.3 is 29.6 Å². The highest BCUT2D eigenvalue weighted by molar-refractivity contribution is 5.97. The molecule has 4 atom stereocenters. The van der Waals surface area contributed by atoms with Gasteiger partial charge in [-0.1, -0.05) is 6.08 Å². The lowest BCUT2D eigenvalue weighted by molar-refractivity contribution is -0.214. The average molecular weight is 680 g/mol. The molecule has 4 bridgehead atoms. The number of carbonyl (C=O) groups is 2. The molecule has 4 saturated carbocycles. The molecule has 4 aromatic rings. The van der Waals surface area contributed by atoms with E-state index in [1.807, 2.05) is 41.3 Å². The number of rotatable bonds is 8. The number of piperidine rings is 1. The Kier molecular flexibility index (Phi) is 6.48. The van der Waals surface area contributed by atoms with E-state index in [-0.39, 0.29) is 36.0 Å². The number of fused-ring (bicyclic) bond motifs is 6. The molecule has 7 aliphatic rings. The van der Waals surface area contributed by atoms with E-state index in [9.17, 15) is 14.0 Å². The molecule has 0 unspecified atom stereocenters. The molecule has 0 aromatic carbocycles. The van der Waals surface area contributed by atoms with Crippen LogP contribution >= 0.6 is 0 Å². The number of aromatic nitrogens is 4. The van der Waals surface area contributed by atoms with Crippen molar-refractivity contribution in [3.05, 3.63) is 59.1 Å². The topological polar surface area (TPSA) is 115 Å². The summed E-state index contributed by atoms with van der Waals surface area (Å²) in [7, 11) is 1.63. The Bertz CT molecular complexity index is 2130. The molecule has 7 heterocycles. The Labute approximate surface area is 289 Å². The summed E-state index contributed by atoms with van der Waals surface area (Å²) in [6, 6.07) is 9.70. The predicted molar refractivity (Wildman–Crippen MR) is 183 cm³/mol. The summed E-state index contributed by atoms with van der Waals surface area (Å²) in [5.74, 6) is 1.00. The van der Waals surface area contributed by atoms with E-state index in [4.69, 9.17) is 19.4 Å². The molecule has 12 heteroatoms. The van der Waals surface area contributed by atoms with Crippen molar-refractivity contribution in [1.82, 2.24) is 34.5 Å². The molecular weight excluding hydrogens is 637 g/mol. The number of hydrogen-bond donors (Lipinski definition) is 2. The zero-order valence-corrected chi connectivity index (χ0v) is 28.7. The summed E-state index contributed by atoms with van der Waals surface area (Å²) >= 11 is 0. The molecule has 50 heavy (non-hydrogen) atoms. The maximum absolute atomic E-state index is 14.2. The predicted octanol–water partition coefficient (Wildman–Crippen LogP) is 5.01. The van der Waals surface area contributed by atoms with Gasteiger partial charge in [0.05, 0.1) is 60.4 Å². The van der Waals surface area contributed by atoms with E-state index in [0.717, 1.165) is 65.4 Å². The molecule has 2 N–H and O–H groups in total. The van der Waals surface area contributed by atoms with E-state index in [1.165, 1.54) is 12.8 Å². The van der Waals surface area contributed by atoms with E-state index in [1.54, 1.807) is 7.11 Å². The highest BCUT2D eigenvalue weighted by atomic mass is 19.1. The quantitative estimate of drug-likeness (QED) is 0.269. The van der Waals surface area contributed by atoms with Gasteiger partial charge in [0.2, 0.25) is 5.91 Å². The monoisotopic (exact) mass is 679 g/mol. The van der Waals surface area contributed by atoms with Crippen LogP contribution in [0.1, 0.15) is 79.7 Å². The maximum atomic E-state index is 14.2. The summed E-state index contributed by atoms with van der Waals surface area (Å²) < 4.78 is 30.3. The first-order valence-electron chi connectivity index (χ1n) is 18.1. The molecule has 11 rings (SSSR count). The van der Waals surface area contributed by atoms with Crippen LogP contribution < -0.4 is 15.4 Å². The number of morpholine rings is 1. The van der Waals surface area contributed by atoms with Crippen LogP contribution in [0.2, 0.25) is 0 Å². The third-order valence-electron chi connectivity index (χ3n) is 12.3. The number of ether oxygens (including phenoxy) is 2. The summed E-state index contributed by atoms with van der Waals surface area (Å²) in [6.45, 7) is 6.28. The van der Waals surface area contributed by atoms with Crippen molar-refractivity contribution in [2.75, 3.05) is 20.3 Å². The second-order valence-corrected chi connectivity index (χ2v) is 15.7. The van der Waals surface area contributed by atoms with Crippen molar-refractivity contribution < 1.29 is 23.5 Å². The first kappa shape index (κ1) is 30.5. The summed E-state index contributed by atoms with van der Waals surface area (Å²) in [4.78, 5) is 39.5. The molecule has 4 aromatic heterocycles. The van der Waals surface area contributed by atoms with Crippen LogP contribution in [0.15, 0.2) is 42.1 Å². The minimum Gasteiger partial charge on any atom is -0.482 e. The van der Waals surface area contributed by atoms with Gasteiger partial charge in [-0.05, 0) is 82.6 Å². The fourth-order valence-electron chi connectivity index (χ4n) is 9.47. The lowest BCUT2D eigenvalue weighted by atomic mass is 9.42. The van der Waals surface area contributed by atoms with Crippen molar-refractivity contribution in [2.45, 2.75) is 95.2 Å². The summed E-state index contributed by atoms with van der Waals surface area (Å²) in [5, 5.41) is 7.71. The first-order chi connectivity index (χ1) is 24.1. The number of amides is 2. The molecule has 6 fully saturated rings. The number of nitrogens with one attached hydrogen (secondary N) is 2. The number of hydrogen-bond acceptors (Lipinski definition) is 7. The smallest absolute Gasteiger partial charge is 0.258 e. The van der Waals surface area contributed by atoms with E-state index in [0.29, 0.717) is 48.9 Å².